The van der Waals surface area contributed by atoms with E-state index in [1.165, 1.54) is 24.2 Å². The lowest BCUT2D eigenvalue weighted by Crippen LogP contribution is -2.47. The standard InChI is InChI=1S/C14H22FN3O2/c1-5-7-16-12-11(15)10(6-8-17-12)13(20)18(4)14(2,3)9-19/h6,8,19H,5,7,9H2,1-4H3,(H,16,17). The van der Waals surface area contributed by atoms with Crippen molar-refractivity contribution >= 4 is 11.7 Å². The summed E-state index contributed by atoms with van der Waals surface area (Å²) in [4.78, 5) is 17.5. The maximum absolute atomic E-state index is 14.3. The van der Waals surface area contributed by atoms with Gasteiger partial charge in [-0.3, -0.25) is 4.79 Å². The number of carbonyl (C=O) groups excluding carboxylic acids is 1. The lowest BCUT2D eigenvalue weighted by molar-refractivity contribution is 0.0469. The van der Waals surface area contributed by atoms with Crippen molar-refractivity contribution in [1.29, 1.82) is 0 Å². The van der Waals surface area contributed by atoms with Crippen molar-refractivity contribution in [2.45, 2.75) is 32.7 Å². The fraction of sp³-hybridized carbons (Fsp3) is 0.571. The van der Waals surface area contributed by atoms with Gasteiger partial charge in [-0.1, -0.05) is 6.92 Å². The number of nitrogens with one attached hydrogen (secondary N) is 1. The molecule has 0 saturated carbocycles. The van der Waals surface area contributed by atoms with Gasteiger partial charge in [0, 0.05) is 19.8 Å². The SMILES string of the molecule is CCCNc1nccc(C(=O)N(C)C(C)(C)CO)c1F. The van der Waals surface area contributed by atoms with Crippen LogP contribution < -0.4 is 5.32 Å². The highest BCUT2D eigenvalue weighted by molar-refractivity contribution is 5.95. The zero-order valence-corrected chi connectivity index (χ0v) is 12.4. The van der Waals surface area contributed by atoms with E-state index in [0.717, 1.165) is 6.42 Å². The van der Waals surface area contributed by atoms with Crippen molar-refractivity contribution < 1.29 is 14.3 Å². The molecule has 1 amide bonds. The van der Waals surface area contributed by atoms with Crippen LogP contribution in [0.3, 0.4) is 0 Å². The summed E-state index contributed by atoms with van der Waals surface area (Å²) < 4.78 is 14.3. The van der Waals surface area contributed by atoms with Crippen molar-refractivity contribution in [1.82, 2.24) is 9.88 Å². The molecule has 112 valence electrons. The normalized spacial score (nSPS) is 11.3. The van der Waals surface area contributed by atoms with Crippen LogP contribution in [0.5, 0.6) is 0 Å². The van der Waals surface area contributed by atoms with Crippen molar-refractivity contribution in [3.63, 3.8) is 0 Å². The summed E-state index contributed by atoms with van der Waals surface area (Å²) in [6, 6.07) is 1.35. The van der Waals surface area contributed by atoms with Gasteiger partial charge in [0.05, 0.1) is 17.7 Å². The van der Waals surface area contributed by atoms with Gasteiger partial charge in [0.2, 0.25) is 0 Å². The van der Waals surface area contributed by atoms with Crippen molar-refractivity contribution in [3.05, 3.63) is 23.6 Å². The average molecular weight is 283 g/mol. The van der Waals surface area contributed by atoms with Crippen LogP contribution in [0.15, 0.2) is 12.3 Å². The number of aromatic nitrogens is 1. The highest BCUT2D eigenvalue weighted by Gasteiger charge is 2.29. The van der Waals surface area contributed by atoms with E-state index < -0.39 is 17.3 Å². The molecule has 0 aliphatic rings. The number of aliphatic hydroxyl groups is 1. The summed E-state index contributed by atoms with van der Waals surface area (Å²) in [5, 5.41) is 12.1. The molecule has 1 rings (SSSR count). The Hall–Kier alpha value is -1.69. The third kappa shape index (κ3) is 3.45. The Morgan fingerprint density at radius 3 is 2.75 bits per heavy atom. The zero-order valence-electron chi connectivity index (χ0n) is 12.4. The number of halogens is 1. The van der Waals surface area contributed by atoms with Crippen LogP contribution in [0, 0.1) is 5.82 Å². The van der Waals surface area contributed by atoms with Gasteiger partial charge in [0.15, 0.2) is 11.6 Å². The molecule has 0 spiro atoms. The van der Waals surface area contributed by atoms with E-state index in [-0.39, 0.29) is 18.0 Å². The van der Waals surface area contributed by atoms with Gasteiger partial charge < -0.3 is 15.3 Å². The molecule has 0 fully saturated rings. The summed E-state index contributed by atoms with van der Waals surface area (Å²) in [5.74, 6) is -1.07. The Kier molecular flexibility index (Phi) is 5.44. The number of hydrogen-bond donors (Lipinski definition) is 2. The highest BCUT2D eigenvalue weighted by Crippen LogP contribution is 2.20. The first kappa shape index (κ1) is 16.4. The Labute approximate surface area is 118 Å². The molecular weight excluding hydrogens is 261 g/mol. The van der Waals surface area contributed by atoms with Crippen LogP contribution in [0.1, 0.15) is 37.6 Å². The molecule has 2 N–H and O–H groups in total. The van der Waals surface area contributed by atoms with Gasteiger partial charge in [-0.2, -0.15) is 0 Å². The summed E-state index contributed by atoms with van der Waals surface area (Å²) in [6.07, 6.45) is 2.23. The lowest BCUT2D eigenvalue weighted by atomic mass is 10.0. The van der Waals surface area contributed by atoms with Crippen LogP contribution >= 0.6 is 0 Å². The number of anilines is 1. The molecule has 1 heterocycles. The lowest BCUT2D eigenvalue weighted by Gasteiger charge is -2.34. The van der Waals surface area contributed by atoms with Crippen LogP contribution in [0.25, 0.3) is 0 Å². The molecule has 0 aromatic carbocycles. The van der Waals surface area contributed by atoms with Crippen LogP contribution in [0.4, 0.5) is 10.2 Å². The van der Waals surface area contributed by atoms with Gasteiger partial charge in [-0.05, 0) is 26.3 Å². The second kappa shape index (κ2) is 6.65. The molecule has 1 aromatic heterocycles. The highest BCUT2D eigenvalue weighted by atomic mass is 19.1. The minimum atomic E-state index is -0.760. The molecule has 0 aliphatic carbocycles. The van der Waals surface area contributed by atoms with Crippen LogP contribution in [-0.4, -0.2) is 46.6 Å². The predicted octanol–water partition coefficient (Wildman–Crippen LogP) is 1.89. The molecule has 6 heteroatoms. The summed E-state index contributed by atoms with van der Waals surface area (Å²) in [7, 11) is 1.54. The quantitative estimate of drug-likeness (QED) is 0.836. The molecule has 0 saturated heterocycles. The summed E-state index contributed by atoms with van der Waals surface area (Å²) in [6.45, 7) is 5.75. The van der Waals surface area contributed by atoms with Crippen molar-refractivity contribution in [2.75, 3.05) is 25.5 Å². The second-order valence-electron chi connectivity index (χ2n) is 5.28. The number of likely N-dealkylation sites (N-methyl/N-ethyl adjacent to an activating group) is 1. The molecule has 0 bridgehead atoms. The molecule has 20 heavy (non-hydrogen) atoms. The third-order valence-corrected chi connectivity index (χ3v) is 3.26. The van der Waals surface area contributed by atoms with Crippen LogP contribution in [0.2, 0.25) is 0 Å². The maximum atomic E-state index is 14.3. The van der Waals surface area contributed by atoms with Crippen molar-refractivity contribution in [2.24, 2.45) is 0 Å². The monoisotopic (exact) mass is 283 g/mol. The number of nitrogens with zero attached hydrogens (tertiary/aromatic N) is 2. The third-order valence-electron chi connectivity index (χ3n) is 3.26. The summed E-state index contributed by atoms with van der Waals surface area (Å²) >= 11 is 0. The Bertz CT molecular complexity index is 477. The molecule has 0 unspecified atom stereocenters. The van der Waals surface area contributed by atoms with Gasteiger partial charge in [-0.15, -0.1) is 0 Å². The van der Waals surface area contributed by atoms with E-state index in [1.807, 2.05) is 6.92 Å². The number of hydrogen-bond acceptors (Lipinski definition) is 4. The molecule has 1 aromatic rings. The van der Waals surface area contributed by atoms with Crippen LogP contribution in [-0.2, 0) is 0 Å². The van der Waals surface area contributed by atoms with E-state index >= 15 is 0 Å². The first-order valence-electron chi connectivity index (χ1n) is 6.62. The van der Waals surface area contributed by atoms with E-state index in [4.69, 9.17) is 0 Å². The fourth-order valence-electron chi connectivity index (χ4n) is 1.54. The number of carbonyl (C=O) groups is 1. The van der Waals surface area contributed by atoms with Gasteiger partial charge >= 0.3 is 0 Å². The number of rotatable bonds is 6. The topological polar surface area (TPSA) is 65.5 Å². The minimum Gasteiger partial charge on any atom is -0.394 e. The summed E-state index contributed by atoms with van der Waals surface area (Å²) in [5.41, 5.74) is -0.813. The number of pyridine rings is 1. The first-order valence-corrected chi connectivity index (χ1v) is 6.62. The predicted molar refractivity (Wildman–Crippen MR) is 76.2 cm³/mol. The van der Waals surface area contributed by atoms with Gasteiger partial charge in [-0.25, -0.2) is 9.37 Å². The largest absolute Gasteiger partial charge is 0.394 e. The minimum absolute atomic E-state index is 0.0531. The Morgan fingerprint density at radius 1 is 1.55 bits per heavy atom. The molecular formula is C14H22FN3O2. The molecule has 5 nitrogen and oxygen atoms in total. The second-order valence-corrected chi connectivity index (χ2v) is 5.28. The Morgan fingerprint density at radius 2 is 2.20 bits per heavy atom. The zero-order chi connectivity index (χ0) is 15.3. The first-order chi connectivity index (χ1) is 9.35. The van der Waals surface area contributed by atoms with E-state index in [0.29, 0.717) is 6.54 Å². The average Bonchev–Trinajstić information content (AvgIpc) is 2.44. The molecule has 0 aliphatic heterocycles. The fourth-order valence-corrected chi connectivity index (χ4v) is 1.54. The van der Waals surface area contributed by atoms with E-state index in [2.05, 4.69) is 10.3 Å². The number of amides is 1. The van der Waals surface area contributed by atoms with E-state index in [9.17, 15) is 14.3 Å². The Balaban J connectivity index is 3.05. The maximum Gasteiger partial charge on any atom is 0.257 e. The molecule has 0 atom stereocenters. The van der Waals surface area contributed by atoms with Gasteiger partial charge in [0.25, 0.3) is 5.91 Å². The van der Waals surface area contributed by atoms with Crippen molar-refractivity contribution in [3.8, 4) is 0 Å². The molecule has 0 radical (unpaired) electrons. The smallest absolute Gasteiger partial charge is 0.257 e. The van der Waals surface area contributed by atoms with E-state index in [1.54, 1.807) is 13.8 Å². The number of aliphatic hydroxyl groups excluding tert-OH is 1. The van der Waals surface area contributed by atoms with Gasteiger partial charge in [0.1, 0.15) is 0 Å².